The van der Waals surface area contributed by atoms with Crippen LogP contribution in [0.3, 0.4) is 0 Å². The molecule has 0 saturated carbocycles. The van der Waals surface area contributed by atoms with Crippen LogP contribution in [0.15, 0.2) is 68.2 Å². The summed E-state index contributed by atoms with van der Waals surface area (Å²) in [5.74, 6) is -0.875. The fourth-order valence-electron chi connectivity index (χ4n) is 3.04. The summed E-state index contributed by atoms with van der Waals surface area (Å²) in [5.41, 5.74) is 0.710. The highest BCUT2D eigenvalue weighted by molar-refractivity contribution is 9.10. The van der Waals surface area contributed by atoms with Crippen molar-refractivity contribution in [3.05, 3.63) is 79.9 Å². The summed E-state index contributed by atoms with van der Waals surface area (Å²) in [6.07, 6.45) is 0. The van der Waals surface area contributed by atoms with Crippen molar-refractivity contribution in [2.75, 3.05) is 4.90 Å². The van der Waals surface area contributed by atoms with Gasteiger partial charge in [-0.05, 0) is 36.1 Å². The summed E-state index contributed by atoms with van der Waals surface area (Å²) in [6, 6.07) is 11.4. The van der Waals surface area contributed by atoms with Crippen molar-refractivity contribution >= 4 is 44.8 Å². The number of amides is 1. The van der Waals surface area contributed by atoms with E-state index in [-0.39, 0.29) is 17.2 Å². The molecule has 0 saturated heterocycles. The molecule has 6 nitrogen and oxygen atoms in total. The van der Waals surface area contributed by atoms with Gasteiger partial charge in [-0.15, -0.1) is 11.3 Å². The molecule has 27 heavy (non-hydrogen) atoms. The summed E-state index contributed by atoms with van der Waals surface area (Å²) in [5, 5.41) is 16.2. The van der Waals surface area contributed by atoms with Gasteiger partial charge in [0.2, 0.25) is 5.78 Å². The van der Waals surface area contributed by atoms with E-state index in [9.17, 15) is 14.7 Å². The monoisotopic (exact) mass is 444 g/mol. The van der Waals surface area contributed by atoms with E-state index >= 15 is 0 Å². The fourth-order valence-corrected chi connectivity index (χ4v) is 3.98. The summed E-state index contributed by atoms with van der Waals surface area (Å²) >= 11 is 4.64. The molecule has 0 fully saturated rings. The van der Waals surface area contributed by atoms with Crippen molar-refractivity contribution in [1.82, 2.24) is 5.16 Å². The number of anilines is 1. The first-order valence-electron chi connectivity index (χ1n) is 8.01. The number of aromatic nitrogens is 1. The second kappa shape index (κ2) is 6.79. The lowest BCUT2D eigenvalue weighted by atomic mass is 9.95. The van der Waals surface area contributed by atoms with E-state index in [1.807, 2.05) is 12.1 Å². The number of aryl methyl sites for hydroxylation is 1. The van der Waals surface area contributed by atoms with Crippen molar-refractivity contribution in [1.29, 1.82) is 0 Å². The molecule has 3 heterocycles. The Hall–Kier alpha value is -2.71. The Labute approximate surface area is 166 Å². The number of halogens is 1. The molecule has 1 amide bonds. The molecule has 0 unspecified atom stereocenters. The van der Waals surface area contributed by atoms with Gasteiger partial charge in [-0.3, -0.25) is 14.5 Å². The molecular weight excluding hydrogens is 432 g/mol. The maximum atomic E-state index is 13.1. The molecule has 1 N–H and O–H groups in total. The first kappa shape index (κ1) is 17.7. The van der Waals surface area contributed by atoms with Gasteiger partial charge in [-0.1, -0.05) is 39.3 Å². The van der Waals surface area contributed by atoms with Crippen LogP contribution in [0.4, 0.5) is 5.82 Å². The largest absolute Gasteiger partial charge is 0.503 e. The van der Waals surface area contributed by atoms with Gasteiger partial charge >= 0.3 is 0 Å². The molecule has 8 heteroatoms. The number of aliphatic hydroxyl groups excluding tert-OH is 1. The lowest BCUT2D eigenvalue weighted by molar-refractivity contribution is -0.117. The molecule has 4 rings (SSSR count). The predicted octanol–water partition coefficient (Wildman–Crippen LogP) is 4.59. The van der Waals surface area contributed by atoms with E-state index in [1.165, 1.54) is 16.2 Å². The molecular formula is C19H13BrN2O4S. The van der Waals surface area contributed by atoms with Crippen LogP contribution < -0.4 is 4.90 Å². The van der Waals surface area contributed by atoms with Crippen LogP contribution in [-0.2, 0) is 4.79 Å². The van der Waals surface area contributed by atoms with Crippen LogP contribution >= 0.6 is 27.3 Å². The van der Waals surface area contributed by atoms with Crippen LogP contribution in [-0.4, -0.2) is 22.0 Å². The Morgan fingerprint density at radius 2 is 2.04 bits per heavy atom. The Morgan fingerprint density at radius 1 is 1.30 bits per heavy atom. The summed E-state index contributed by atoms with van der Waals surface area (Å²) in [6.45, 7) is 1.71. The van der Waals surface area contributed by atoms with E-state index in [4.69, 9.17) is 4.52 Å². The average Bonchev–Trinajstić information content (AvgIpc) is 3.37. The number of carbonyl (C=O) groups is 2. The number of ketones is 1. The summed E-state index contributed by atoms with van der Waals surface area (Å²) in [4.78, 5) is 27.6. The third kappa shape index (κ3) is 3.00. The highest BCUT2D eigenvalue weighted by Crippen LogP contribution is 2.42. The van der Waals surface area contributed by atoms with Crippen LogP contribution in [0.5, 0.6) is 0 Å². The van der Waals surface area contributed by atoms with Crippen LogP contribution in [0, 0.1) is 6.92 Å². The Bertz CT molecular complexity index is 1050. The quantitative estimate of drug-likeness (QED) is 0.594. The highest BCUT2D eigenvalue weighted by atomic mass is 79.9. The second-order valence-electron chi connectivity index (χ2n) is 5.99. The molecule has 0 radical (unpaired) electrons. The number of thiophene rings is 1. The molecule has 0 bridgehead atoms. The van der Waals surface area contributed by atoms with Crippen molar-refractivity contribution in [2.24, 2.45) is 0 Å². The van der Waals surface area contributed by atoms with E-state index < -0.39 is 17.7 Å². The summed E-state index contributed by atoms with van der Waals surface area (Å²) < 4.78 is 5.96. The maximum absolute atomic E-state index is 13.1. The Kier molecular flexibility index (Phi) is 4.45. The van der Waals surface area contributed by atoms with Gasteiger partial charge in [-0.2, -0.15) is 0 Å². The van der Waals surface area contributed by atoms with Gasteiger partial charge in [0.1, 0.15) is 5.76 Å². The number of carbonyl (C=O) groups excluding carboxylic acids is 2. The van der Waals surface area contributed by atoms with Crippen LogP contribution in [0.1, 0.15) is 27.0 Å². The smallest absolute Gasteiger partial charge is 0.295 e. The normalized spacial score (nSPS) is 17.0. The SMILES string of the molecule is Cc1cc(N2C(=O)C(O)=C(C(=O)c3cccs3)[C@H]2c2ccc(Br)cc2)no1. The number of hydrogen-bond acceptors (Lipinski definition) is 6. The van der Waals surface area contributed by atoms with E-state index in [2.05, 4.69) is 21.1 Å². The van der Waals surface area contributed by atoms with Crippen molar-refractivity contribution in [2.45, 2.75) is 13.0 Å². The molecule has 1 aliphatic rings. The molecule has 3 aromatic rings. The minimum absolute atomic E-state index is 0.0328. The third-order valence-electron chi connectivity index (χ3n) is 4.25. The number of hydrogen-bond donors (Lipinski definition) is 1. The van der Waals surface area contributed by atoms with Crippen LogP contribution in [0.2, 0.25) is 0 Å². The number of rotatable bonds is 4. The van der Waals surface area contributed by atoms with E-state index in [1.54, 1.807) is 42.6 Å². The lowest BCUT2D eigenvalue weighted by Crippen LogP contribution is -2.31. The zero-order valence-corrected chi connectivity index (χ0v) is 16.5. The minimum Gasteiger partial charge on any atom is -0.503 e. The van der Waals surface area contributed by atoms with Crippen LogP contribution in [0.25, 0.3) is 0 Å². The lowest BCUT2D eigenvalue weighted by Gasteiger charge is -2.24. The molecule has 1 atom stereocenters. The number of Topliss-reactive ketones (excluding diaryl/α,β-unsaturated/α-hetero) is 1. The average molecular weight is 445 g/mol. The minimum atomic E-state index is -0.801. The maximum Gasteiger partial charge on any atom is 0.295 e. The molecule has 136 valence electrons. The van der Waals surface area contributed by atoms with Gasteiger partial charge < -0.3 is 9.63 Å². The first-order chi connectivity index (χ1) is 13.0. The molecule has 1 aromatic carbocycles. The number of aliphatic hydroxyl groups is 1. The van der Waals surface area contributed by atoms with Crippen molar-refractivity contribution in [3.8, 4) is 0 Å². The molecule has 0 spiro atoms. The standard InChI is InChI=1S/C19H13BrN2O4S/c1-10-9-14(21-26-10)22-16(11-4-6-12(20)7-5-11)15(18(24)19(22)25)17(23)13-3-2-8-27-13/h2-9,16,24H,1H3/t16-/m1/s1. The number of benzene rings is 1. The molecule has 2 aromatic heterocycles. The zero-order valence-electron chi connectivity index (χ0n) is 14.0. The van der Waals surface area contributed by atoms with Gasteiger partial charge in [0.15, 0.2) is 11.6 Å². The first-order valence-corrected chi connectivity index (χ1v) is 9.68. The fraction of sp³-hybridized carbons (Fsp3) is 0.105. The Morgan fingerprint density at radius 3 is 2.63 bits per heavy atom. The predicted molar refractivity (Wildman–Crippen MR) is 104 cm³/mol. The second-order valence-corrected chi connectivity index (χ2v) is 7.86. The highest BCUT2D eigenvalue weighted by Gasteiger charge is 2.45. The molecule has 1 aliphatic heterocycles. The number of nitrogens with zero attached hydrogens (tertiary/aromatic N) is 2. The Balaban J connectivity index is 1.88. The van der Waals surface area contributed by atoms with Gasteiger partial charge in [-0.25, -0.2) is 0 Å². The van der Waals surface area contributed by atoms with Gasteiger partial charge in [0, 0.05) is 10.5 Å². The van der Waals surface area contributed by atoms with E-state index in [0.29, 0.717) is 16.2 Å². The topological polar surface area (TPSA) is 83.6 Å². The van der Waals surface area contributed by atoms with Gasteiger partial charge in [0.25, 0.3) is 5.91 Å². The van der Waals surface area contributed by atoms with Gasteiger partial charge in [0.05, 0.1) is 16.5 Å². The third-order valence-corrected chi connectivity index (χ3v) is 5.64. The van der Waals surface area contributed by atoms with Crippen molar-refractivity contribution < 1.29 is 19.2 Å². The van der Waals surface area contributed by atoms with E-state index in [0.717, 1.165) is 4.47 Å². The van der Waals surface area contributed by atoms with Crippen molar-refractivity contribution in [3.63, 3.8) is 0 Å². The molecule has 0 aliphatic carbocycles. The zero-order chi connectivity index (χ0) is 19.1. The summed E-state index contributed by atoms with van der Waals surface area (Å²) in [7, 11) is 0.